The third kappa shape index (κ3) is 4.92. The Morgan fingerprint density at radius 2 is 1.60 bits per heavy atom. The van der Waals surface area contributed by atoms with Gasteiger partial charge >= 0.3 is 0 Å². The highest BCUT2D eigenvalue weighted by Gasteiger charge is 2.34. The summed E-state index contributed by atoms with van der Waals surface area (Å²) in [6.45, 7) is 13.3. The summed E-state index contributed by atoms with van der Waals surface area (Å²) in [6, 6.07) is 4.81. The van der Waals surface area contributed by atoms with Crippen LogP contribution >= 0.6 is 0 Å². The van der Waals surface area contributed by atoms with Crippen molar-refractivity contribution in [2.75, 3.05) is 40.4 Å². The molecular formula is C24H39N3O3. The molecule has 2 aliphatic heterocycles. The lowest BCUT2D eigenvalue weighted by molar-refractivity contribution is -0.143. The number of hydrogen-bond acceptors (Lipinski definition) is 5. The van der Waals surface area contributed by atoms with Crippen molar-refractivity contribution in [1.29, 1.82) is 0 Å². The number of ether oxygens (including phenoxy) is 2. The number of likely N-dealkylation sites (tertiary alicyclic amines) is 1. The molecule has 2 saturated heterocycles. The lowest BCUT2D eigenvalue weighted by atomic mass is 9.96. The second-order valence-corrected chi connectivity index (χ2v) is 9.00. The number of carbonyl (C=O) groups is 1. The molecule has 0 unspecified atom stereocenters. The molecule has 0 spiro atoms. The molecule has 2 heterocycles. The normalized spacial score (nSPS) is 24.5. The molecule has 0 N–H and O–H groups in total. The molecule has 2 aliphatic rings. The molecule has 2 fully saturated rings. The SMILES string of the molecule is COc1cc(C)c(CN2CCN([C@@H](C)C(=O)N3[C@H](C)CCC[C@@H]3C)CC2)cc1OC. The Morgan fingerprint density at radius 1 is 1.03 bits per heavy atom. The zero-order valence-electron chi connectivity index (χ0n) is 19.6. The van der Waals surface area contributed by atoms with Crippen LogP contribution in [0, 0.1) is 6.92 Å². The quantitative estimate of drug-likeness (QED) is 0.711. The van der Waals surface area contributed by atoms with Crippen molar-refractivity contribution in [3.05, 3.63) is 23.3 Å². The molecule has 0 aliphatic carbocycles. The van der Waals surface area contributed by atoms with Gasteiger partial charge in [-0.05, 0) is 70.2 Å². The van der Waals surface area contributed by atoms with Crippen molar-refractivity contribution in [1.82, 2.24) is 14.7 Å². The maximum Gasteiger partial charge on any atom is 0.240 e. The van der Waals surface area contributed by atoms with Crippen molar-refractivity contribution >= 4 is 5.91 Å². The lowest BCUT2D eigenvalue weighted by Gasteiger charge is -2.44. The minimum absolute atomic E-state index is 0.0435. The lowest BCUT2D eigenvalue weighted by Crippen LogP contribution is -2.58. The van der Waals surface area contributed by atoms with Gasteiger partial charge in [0, 0.05) is 44.8 Å². The number of hydrogen-bond donors (Lipinski definition) is 0. The van der Waals surface area contributed by atoms with E-state index in [1.807, 2.05) is 6.07 Å². The predicted molar refractivity (Wildman–Crippen MR) is 120 cm³/mol. The van der Waals surface area contributed by atoms with Gasteiger partial charge in [0.15, 0.2) is 11.5 Å². The number of aryl methyl sites for hydroxylation is 1. The van der Waals surface area contributed by atoms with Crippen LogP contribution < -0.4 is 9.47 Å². The molecule has 0 bridgehead atoms. The fourth-order valence-corrected chi connectivity index (χ4v) is 4.97. The number of nitrogens with zero attached hydrogens (tertiary/aromatic N) is 3. The summed E-state index contributed by atoms with van der Waals surface area (Å²) in [4.78, 5) is 20.2. The summed E-state index contributed by atoms with van der Waals surface area (Å²) in [6.07, 6.45) is 3.48. The van der Waals surface area contributed by atoms with Gasteiger partial charge < -0.3 is 14.4 Å². The number of rotatable bonds is 6. The van der Waals surface area contributed by atoms with Gasteiger partial charge in [-0.25, -0.2) is 0 Å². The molecule has 6 nitrogen and oxygen atoms in total. The molecule has 1 aromatic carbocycles. The predicted octanol–water partition coefficient (Wildman–Crippen LogP) is 3.31. The zero-order chi connectivity index (χ0) is 21.8. The molecule has 0 radical (unpaired) electrons. The van der Waals surface area contributed by atoms with Crippen LogP contribution in [0.25, 0.3) is 0 Å². The van der Waals surface area contributed by atoms with Crippen LogP contribution in [-0.2, 0) is 11.3 Å². The third-order valence-corrected chi connectivity index (χ3v) is 7.00. The fourth-order valence-electron chi connectivity index (χ4n) is 4.97. The van der Waals surface area contributed by atoms with E-state index in [2.05, 4.69) is 48.5 Å². The first-order chi connectivity index (χ1) is 14.3. The summed E-state index contributed by atoms with van der Waals surface area (Å²) in [5.74, 6) is 1.86. The van der Waals surface area contributed by atoms with Gasteiger partial charge in [-0.1, -0.05) is 0 Å². The van der Waals surface area contributed by atoms with Gasteiger partial charge in [-0.15, -0.1) is 0 Å². The average molecular weight is 418 g/mol. The van der Waals surface area contributed by atoms with Gasteiger partial charge in [-0.3, -0.25) is 14.6 Å². The summed E-state index contributed by atoms with van der Waals surface area (Å²) < 4.78 is 10.9. The molecule has 3 atom stereocenters. The molecule has 168 valence electrons. The first kappa shape index (κ1) is 22.9. The van der Waals surface area contributed by atoms with E-state index in [9.17, 15) is 4.79 Å². The first-order valence-corrected chi connectivity index (χ1v) is 11.4. The topological polar surface area (TPSA) is 45.2 Å². The van der Waals surface area contributed by atoms with Crippen LogP contribution in [0.1, 0.15) is 51.2 Å². The van der Waals surface area contributed by atoms with Crippen LogP contribution in [0.5, 0.6) is 11.5 Å². The summed E-state index contributed by atoms with van der Waals surface area (Å²) in [5, 5.41) is 0. The maximum absolute atomic E-state index is 13.2. The highest BCUT2D eigenvalue weighted by atomic mass is 16.5. The fraction of sp³-hybridized carbons (Fsp3) is 0.708. The van der Waals surface area contributed by atoms with Crippen molar-refractivity contribution in [2.24, 2.45) is 0 Å². The smallest absolute Gasteiger partial charge is 0.240 e. The average Bonchev–Trinajstić information content (AvgIpc) is 2.74. The van der Waals surface area contributed by atoms with E-state index >= 15 is 0 Å². The van der Waals surface area contributed by atoms with Gasteiger partial charge in [0.05, 0.1) is 20.3 Å². The number of benzene rings is 1. The molecule has 30 heavy (non-hydrogen) atoms. The largest absolute Gasteiger partial charge is 0.493 e. The van der Waals surface area contributed by atoms with E-state index in [1.54, 1.807) is 14.2 Å². The zero-order valence-corrected chi connectivity index (χ0v) is 19.6. The highest BCUT2D eigenvalue weighted by molar-refractivity contribution is 5.82. The van der Waals surface area contributed by atoms with Crippen molar-refractivity contribution < 1.29 is 14.3 Å². The number of methoxy groups -OCH3 is 2. The summed E-state index contributed by atoms with van der Waals surface area (Å²) in [7, 11) is 3.35. The van der Waals surface area contributed by atoms with E-state index < -0.39 is 0 Å². The van der Waals surface area contributed by atoms with Crippen LogP contribution in [0.15, 0.2) is 12.1 Å². The molecule has 1 aromatic rings. The Kier molecular flexibility index (Phi) is 7.64. The number of amides is 1. The molecule has 0 aromatic heterocycles. The van der Waals surface area contributed by atoms with Crippen LogP contribution in [-0.4, -0.2) is 79.1 Å². The number of piperidine rings is 1. The molecule has 0 saturated carbocycles. The van der Waals surface area contributed by atoms with E-state index in [1.165, 1.54) is 17.5 Å². The van der Waals surface area contributed by atoms with E-state index in [0.717, 1.165) is 57.1 Å². The standard InChI is InChI=1S/C24H39N3O3/c1-17-14-22(29-5)23(30-6)15-21(17)16-25-10-12-26(13-11-25)20(4)24(28)27-18(2)8-7-9-19(27)3/h14-15,18-20H,7-13,16H2,1-6H3/t18-,19+,20-/m0/s1. The van der Waals surface area contributed by atoms with Gasteiger partial charge in [0.25, 0.3) is 0 Å². The summed E-state index contributed by atoms with van der Waals surface area (Å²) >= 11 is 0. The number of piperazine rings is 1. The minimum Gasteiger partial charge on any atom is -0.493 e. The van der Waals surface area contributed by atoms with Crippen molar-refractivity contribution in [2.45, 2.75) is 71.6 Å². The van der Waals surface area contributed by atoms with Crippen LogP contribution in [0.4, 0.5) is 0 Å². The maximum atomic E-state index is 13.2. The van der Waals surface area contributed by atoms with E-state index in [4.69, 9.17) is 9.47 Å². The Bertz CT molecular complexity index is 721. The van der Waals surface area contributed by atoms with E-state index in [0.29, 0.717) is 18.0 Å². The Balaban J connectivity index is 1.58. The first-order valence-electron chi connectivity index (χ1n) is 11.4. The Hall–Kier alpha value is -1.79. The molecule has 3 rings (SSSR count). The van der Waals surface area contributed by atoms with Gasteiger partial charge in [0.2, 0.25) is 5.91 Å². The number of carbonyl (C=O) groups excluding carboxylic acids is 1. The van der Waals surface area contributed by atoms with Crippen molar-refractivity contribution in [3.8, 4) is 11.5 Å². The Labute approximate surface area is 182 Å². The molecule has 1 amide bonds. The van der Waals surface area contributed by atoms with Gasteiger partial charge in [0.1, 0.15) is 0 Å². The second-order valence-electron chi connectivity index (χ2n) is 9.00. The molecule has 6 heteroatoms. The highest BCUT2D eigenvalue weighted by Crippen LogP contribution is 2.31. The van der Waals surface area contributed by atoms with E-state index in [-0.39, 0.29) is 6.04 Å². The molecular weight excluding hydrogens is 378 g/mol. The monoisotopic (exact) mass is 417 g/mol. The van der Waals surface area contributed by atoms with Crippen molar-refractivity contribution in [3.63, 3.8) is 0 Å². The Morgan fingerprint density at radius 3 is 2.17 bits per heavy atom. The van der Waals surface area contributed by atoms with Crippen LogP contribution in [0.2, 0.25) is 0 Å². The summed E-state index contributed by atoms with van der Waals surface area (Å²) in [5.41, 5.74) is 2.48. The second kappa shape index (κ2) is 10.0. The van der Waals surface area contributed by atoms with Gasteiger partial charge in [-0.2, -0.15) is 0 Å². The van der Waals surface area contributed by atoms with Crippen LogP contribution in [0.3, 0.4) is 0 Å². The third-order valence-electron chi connectivity index (χ3n) is 7.00. The minimum atomic E-state index is -0.0435.